The maximum Gasteiger partial charge on any atom is 0.227 e. The molecule has 0 unspecified atom stereocenters. The smallest absolute Gasteiger partial charge is 0.227 e. The minimum Gasteiger partial charge on any atom is -0.307 e. The van der Waals surface area contributed by atoms with Crippen LogP contribution in [0.1, 0.15) is 45.7 Å². The number of carbonyl (C=O) groups is 1. The lowest BCUT2D eigenvalue weighted by atomic mass is 9.95. The van der Waals surface area contributed by atoms with Gasteiger partial charge in [-0.25, -0.2) is 4.68 Å². The van der Waals surface area contributed by atoms with Gasteiger partial charge < -0.3 is 4.90 Å². The van der Waals surface area contributed by atoms with Gasteiger partial charge in [0.15, 0.2) is 0 Å². The van der Waals surface area contributed by atoms with Gasteiger partial charge in [0.25, 0.3) is 0 Å². The molecule has 0 N–H and O–H groups in total. The number of hydrogen-bond acceptors (Lipinski definition) is 3. The second-order valence-electron chi connectivity index (χ2n) is 8.08. The molecule has 28 heavy (non-hydrogen) atoms. The lowest BCUT2D eigenvalue weighted by Gasteiger charge is -2.29. The van der Waals surface area contributed by atoms with E-state index in [1.54, 1.807) is 0 Å². The molecule has 0 spiro atoms. The Morgan fingerprint density at radius 3 is 2.39 bits per heavy atom. The molecule has 1 amide bonds. The van der Waals surface area contributed by atoms with Crippen molar-refractivity contribution < 1.29 is 4.79 Å². The van der Waals surface area contributed by atoms with Gasteiger partial charge in [-0.2, -0.15) is 0 Å². The molecule has 0 saturated heterocycles. The Morgan fingerprint density at radius 2 is 1.68 bits per heavy atom. The first kappa shape index (κ1) is 18.4. The number of anilines is 1. The van der Waals surface area contributed by atoms with Gasteiger partial charge in [0.05, 0.1) is 17.9 Å². The van der Waals surface area contributed by atoms with Crippen LogP contribution in [-0.4, -0.2) is 20.9 Å². The molecule has 0 fully saturated rings. The molecule has 4 rings (SSSR count). The topological polar surface area (TPSA) is 51.0 Å². The Balaban J connectivity index is 2.01. The highest BCUT2D eigenvalue weighted by Crippen LogP contribution is 2.42. The highest BCUT2D eigenvalue weighted by molar-refractivity contribution is 6.00. The van der Waals surface area contributed by atoms with Crippen LogP contribution in [0.25, 0.3) is 22.5 Å². The third-order valence-corrected chi connectivity index (χ3v) is 5.12. The molecule has 2 heterocycles. The van der Waals surface area contributed by atoms with Crippen LogP contribution in [0.4, 0.5) is 5.69 Å². The Morgan fingerprint density at radius 1 is 1.00 bits per heavy atom. The molecule has 2 aromatic carbocycles. The number of rotatable bonds is 3. The van der Waals surface area contributed by atoms with E-state index in [1.165, 1.54) is 0 Å². The van der Waals surface area contributed by atoms with Gasteiger partial charge in [-0.1, -0.05) is 61.5 Å². The van der Waals surface area contributed by atoms with E-state index in [1.807, 2.05) is 39.9 Å². The molecule has 3 aromatic rings. The molecular formula is C23H26N4O. The van der Waals surface area contributed by atoms with E-state index in [0.29, 0.717) is 18.9 Å². The first-order valence-corrected chi connectivity index (χ1v) is 9.90. The van der Waals surface area contributed by atoms with Crippen molar-refractivity contribution in [3.8, 4) is 22.5 Å². The Hall–Kier alpha value is -2.95. The van der Waals surface area contributed by atoms with Crippen LogP contribution in [0.15, 0.2) is 48.5 Å². The fraction of sp³-hybridized carbons (Fsp3) is 0.348. The quantitative estimate of drug-likeness (QED) is 0.642. The minimum atomic E-state index is 0.143. The molecule has 1 aliphatic heterocycles. The average molecular weight is 374 g/mol. The van der Waals surface area contributed by atoms with E-state index >= 15 is 0 Å². The van der Waals surface area contributed by atoms with Crippen molar-refractivity contribution in [1.82, 2.24) is 15.0 Å². The van der Waals surface area contributed by atoms with E-state index < -0.39 is 0 Å². The number of aromatic nitrogens is 3. The predicted molar refractivity (Wildman–Crippen MR) is 112 cm³/mol. The summed E-state index contributed by atoms with van der Waals surface area (Å²) >= 11 is 0. The summed E-state index contributed by atoms with van der Waals surface area (Å²) in [5, 5.41) is 9.01. The van der Waals surface area contributed by atoms with Crippen molar-refractivity contribution in [2.45, 2.75) is 46.7 Å². The van der Waals surface area contributed by atoms with E-state index in [2.05, 4.69) is 56.2 Å². The average Bonchev–Trinajstić information content (AvgIpc) is 3.09. The van der Waals surface area contributed by atoms with Gasteiger partial charge in [-0.05, 0) is 31.4 Å². The number of para-hydroxylation sites is 1. The number of benzene rings is 2. The third-order valence-electron chi connectivity index (χ3n) is 5.12. The van der Waals surface area contributed by atoms with E-state index in [-0.39, 0.29) is 11.9 Å². The second-order valence-corrected chi connectivity index (χ2v) is 8.08. The summed E-state index contributed by atoms with van der Waals surface area (Å²) in [6, 6.07) is 16.5. The third kappa shape index (κ3) is 3.11. The molecule has 0 bridgehead atoms. The van der Waals surface area contributed by atoms with Crippen molar-refractivity contribution in [1.29, 1.82) is 0 Å². The number of carbonyl (C=O) groups excluding carboxylic acids is 1. The van der Waals surface area contributed by atoms with Crippen LogP contribution in [0, 0.1) is 5.92 Å². The lowest BCUT2D eigenvalue weighted by Crippen LogP contribution is -2.32. The zero-order valence-corrected chi connectivity index (χ0v) is 16.9. The largest absolute Gasteiger partial charge is 0.307 e. The Kier molecular flexibility index (Phi) is 4.75. The molecule has 5 nitrogen and oxygen atoms in total. The molecule has 0 saturated carbocycles. The molecule has 5 heteroatoms. The molecule has 0 aliphatic carbocycles. The lowest BCUT2D eigenvalue weighted by molar-refractivity contribution is -0.119. The van der Waals surface area contributed by atoms with Crippen LogP contribution in [0.2, 0.25) is 0 Å². The highest BCUT2D eigenvalue weighted by atomic mass is 16.2. The first-order chi connectivity index (χ1) is 13.5. The van der Waals surface area contributed by atoms with Gasteiger partial charge in [0.2, 0.25) is 5.91 Å². The van der Waals surface area contributed by atoms with Crippen molar-refractivity contribution in [3.63, 3.8) is 0 Å². The molecule has 0 radical (unpaired) electrons. The number of fused-ring (bicyclic) bond motifs is 5. The van der Waals surface area contributed by atoms with Crippen LogP contribution in [0.3, 0.4) is 0 Å². The Bertz CT molecular complexity index is 1020. The van der Waals surface area contributed by atoms with Crippen molar-refractivity contribution >= 4 is 11.6 Å². The summed E-state index contributed by atoms with van der Waals surface area (Å²) in [7, 11) is 0. The fourth-order valence-electron chi connectivity index (χ4n) is 3.82. The van der Waals surface area contributed by atoms with Crippen LogP contribution >= 0.6 is 0 Å². The SMILES string of the molecule is CC(C)CC(=O)N1Cc2ccccc2-c2nnn(C(C)C)c2-c2ccccc21. The second kappa shape index (κ2) is 7.23. The molecule has 144 valence electrons. The number of amides is 1. The maximum atomic E-state index is 13.2. The predicted octanol–water partition coefficient (Wildman–Crippen LogP) is 5.09. The molecule has 1 aromatic heterocycles. The summed E-state index contributed by atoms with van der Waals surface area (Å²) < 4.78 is 1.96. The zero-order valence-electron chi connectivity index (χ0n) is 16.9. The summed E-state index contributed by atoms with van der Waals surface area (Å²) in [6.45, 7) is 8.90. The van der Waals surface area contributed by atoms with Crippen molar-refractivity contribution in [2.24, 2.45) is 5.92 Å². The van der Waals surface area contributed by atoms with Gasteiger partial charge in [0, 0.05) is 23.6 Å². The van der Waals surface area contributed by atoms with Gasteiger partial charge >= 0.3 is 0 Å². The van der Waals surface area contributed by atoms with Crippen LogP contribution < -0.4 is 4.90 Å². The zero-order chi connectivity index (χ0) is 19.8. The van der Waals surface area contributed by atoms with E-state index in [4.69, 9.17) is 0 Å². The van der Waals surface area contributed by atoms with E-state index in [0.717, 1.165) is 33.8 Å². The Labute approximate surface area is 166 Å². The van der Waals surface area contributed by atoms with Gasteiger partial charge in [-0.3, -0.25) is 4.79 Å². The standard InChI is InChI=1S/C23H26N4O/c1-15(2)13-21(28)26-14-17-9-5-6-10-18(17)22-23(27(16(3)4)25-24-22)19-11-7-8-12-20(19)26/h5-12,15-16H,13-14H2,1-4H3. The van der Waals surface area contributed by atoms with Crippen molar-refractivity contribution in [3.05, 3.63) is 54.1 Å². The first-order valence-electron chi connectivity index (χ1n) is 9.90. The highest BCUT2D eigenvalue weighted by Gasteiger charge is 2.29. The summed E-state index contributed by atoms with van der Waals surface area (Å²) in [5.74, 6) is 0.447. The summed E-state index contributed by atoms with van der Waals surface area (Å²) in [4.78, 5) is 15.1. The van der Waals surface area contributed by atoms with Gasteiger partial charge in [0.1, 0.15) is 5.69 Å². The summed E-state index contributed by atoms with van der Waals surface area (Å²) in [5.41, 5.74) is 5.91. The maximum absolute atomic E-state index is 13.2. The van der Waals surface area contributed by atoms with Crippen LogP contribution in [0.5, 0.6) is 0 Å². The van der Waals surface area contributed by atoms with E-state index in [9.17, 15) is 4.79 Å². The minimum absolute atomic E-state index is 0.143. The summed E-state index contributed by atoms with van der Waals surface area (Å²) in [6.07, 6.45) is 0.519. The molecule has 1 aliphatic rings. The molecular weight excluding hydrogens is 348 g/mol. The van der Waals surface area contributed by atoms with Crippen molar-refractivity contribution in [2.75, 3.05) is 4.90 Å². The normalized spacial score (nSPS) is 13.0. The number of nitrogens with zero attached hydrogens (tertiary/aromatic N) is 4. The molecule has 0 atom stereocenters. The number of hydrogen-bond donors (Lipinski definition) is 0. The monoisotopic (exact) mass is 374 g/mol. The van der Waals surface area contributed by atoms with Crippen LogP contribution in [-0.2, 0) is 11.3 Å². The fourth-order valence-corrected chi connectivity index (χ4v) is 3.82. The van der Waals surface area contributed by atoms with Gasteiger partial charge in [-0.15, -0.1) is 5.10 Å².